The van der Waals surface area contributed by atoms with Gasteiger partial charge in [0.1, 0.15) is 18.8 Å². The van der Waals surface area contributed by atoms with Gasteiger partial charge < -0.3 is 24.3 Å². The second-order valence-electron chi connectivity index (χ2n) is 12.1. The molecule has 0 spiro atoms. The first kappa shape index (κ1) is 34.0. The molecular weight excluding hydrogens is 592 g/mol. The van der Waals surface area contributed by atoms with E-state index >= 15 is 0 Å². The maximum absolute atomic E-state index is 12.9. The molecule has 47 heavy (non-hydrogen) atoms. The monoisotopic (exact) mass is 636 g/mol. The van der Waals surface area contributed by atoms with Crippen molar-refractivity contribution in [1.82, 2.24) is 10.6 Å². The van der Waals surface area contributed by atoms with Crippen LogP contribution in [0, 0.1) is 0 Å². The molecule has 0 unspecified atom stereocenters. The van der Waals surface area contributed by atoms with Crippen LogP contribution in [0.15, 0.2) is 121 Å². The van der Waals surface area contributed by atoms with Crippen LogP contribution in [0.2, 0.25) is 0 Å². The summed E-state index contributed by atoms with van der Waals surface area (Å²) in [6, 6.07) is 38.8. The van der Waals surface area contributed by atoms with Gasteiger partial charge in [-0.05, 0) is 28.7 Å². The minimum absolute atomic E-state index is 0.00599. The van der Waals surface area contributed by atoms with Crippen LogP contribution in [0.5, 0.6) is 0 Å². The number of benzene rings is 4. The number of hydrogen-bond donors (Lipinski definition) is 2. The lowest BCUT2D eigenvalue weighted by molar-refractivity contribution is -0.173. The summed E-state index contributed by atoms with van der Waals surface area (Å²) in [5, 5.41) is 7.00. The highest BCUT2D eigenvalue weighted by molar-refractivity contribution is 5.73. The summed E-state index contributed by atoms with van der Waals surface area (Å²) >= 11 is 0. The summed E-state index contributed by atoms with van der Waals surface area (Å²) in [5.74, 6) is -0.646. The highest BCUT2D eigenvalue weighted by atomic mass is 16.6. The molecule has 8 nitrogen and oxygen atoms in total. The summed E-state index contributed by atoms with van der Waals surface area (Å²) in [5.41, 5.74) is 3.09. The summed E-state index contributed by atoms with van der Waals surface area (Å²) in [7, 11) is 0. The van der Waals surface area contributed by atoms with Crippen LogP contribution in [0.4, 0.5) is 0 Å². The van der Waals surface area contributed by atoms with Crippen molar-refractivity contribution < 1.29 is 28.5 Å². The fraction of sp³-hybridized carbons (Fsp3) is 0.333. The van der Waals surface area contributed by atoms with Crippen molar-refractivity contribution in [3.8, 4) is 0 Å². The van der Waals surface area contributed by atoms with Crippen molar-refractivity contribution in [2.24, 2.45) is 0 Å². The number of ether oxygens (including phenoxy) is 4. The van der Waals surface area contributed by atoms with E-state index in [1.165, 1.54) is 13.8 Å². The minimum Gasteiger partial charge on any atom is -0.464 e. The molecule has 1 aliphatic heterocycles. The first-order chi connectivity index (χ1) is 22.9. The Kier molecular flexibility index (Phi) is 12.3. The largest absolute Gasteiger partial charge is 0.464 e. The van der Waals surface area contributed by atoms with Crippen LogP contribution < -0.4 is 10.6 Å². The first-order valence-electron chi connectivity index (χ1n) is 16.1. The standard InChI is InChI=1S/C39H44N2O6/c1-29(42)40-38-37(46-26-34-21-13-6-14-22-34)36(45-25-33-19-11-5-12-20-33)35(27-44-24-32-17-9-4-10-18-32)41-39(38,28-47-30(2)43)23-31-15-7-3-8-16-31/h3-22,35-38,41H,23-28H2,1-2H3,(H,40,42)/t35-,36-,37+,38-,39-/m1/s1. The zero-order valence-electron chi connectivity index (χ0n) is 27.0. The van der Waals surface area contributed by atoms with Crippen molar-refractivity contribution >= 4 is 11.9 Å². The molecule has 1 saturated heterocycles. The van der Waals surface area contributed by atoms with E-state index in [2.05, 4.69) is 10.6 Å². The third-order valence-electron chi connectivity index (χ3n) is 8.35. The highest BCUT2D eigenvalue weighted by Gasteiger charge is 2.55. The average molecular weight is 637 g/mol. The lowest BCUT2D eigenvalue weighted by atomic mass is 9.74. The number of amides is 1. The van der Waals surface area contributed by atoms with Gasteiger partial charge in [0.2, 0.25) is 5.91 Å². The summed E-state index contributed by atoms with van der Waals surface area (Å²) in [6.45, 7) is 4.18. The van der Waals surface area contributed by atoms with E-state index < -0.39 is 35.8 Å². The maximum atomic E-state index is 12.9. The van der Waals surface area contributed by atoms with Gasteiger partial charge in [-0.2, -0.15) is 0 Å². The Bertz CT molecular complexity index is 1520. The molecule has 5 rings (SSSR count). The van der Waals surface area contributed by atoms with Crippen molar-refractivity contribution in [3.63, 3.8) is 0 Å². The molecule has 4 aromatic rings. The van der Waals surface area contributed by atoms with Gasteiger partial charge in [-0.15, -0.1) is 0 Å². The predicted molar refractivity (Wildman–Crippen MR) is 180 cm³/mol. The van der Waals surface area contributed by atoms with E-state index in [-0.39, 0.29) is 19.1 Å². The number of piperidine rings is 1. The Labute approximate surface area is 277 Å². The molecule has 4 aromatic carbocycles. The Balaban J connectivity index is 1.56. The van der Waals surface area contributed by atoms with Crippen molar-refractivity contribution in [2.45, 2.75) is 69.9 Å². The molecule has 8 heteroatoms. The smallest absolute Gasteiger partial charge is 0.302 e. The quantitative estimate of drug-likeness (QED) is 0.169. The molecule has 5 atom stereocenters. The number of hydrogen-bond acceptors (Lipinski definition) is 7. The van der Waals surface area contributed by atoms with Gasteiger partial charge in [-0.25, -0.2) is 0 Å². The van der Waals surface area contributed by atoms with Crippen molar-refractivity contribution in [3.05, 3.63) is 144 Å². The zero-order valence-corrected chi connectivity index (χ0v) is 27.0. The van der Waals surface area contributed by atoms with E-state index in [1.54, 1.807) is 0 Å². The summed E-state index contributed by atoms with van der Waals surface area (Å²) in [4.78, 5) is 25.3. The summed E-state index contributed by atoms with van der Waals surface area (Å²) < 4.78 is 25.7. The number of nitrogens with one attached hydrogen (secondary N) is 2. The third-order valence-corrected chi connectivity index (χ3v) is 8.35. The molecule has 1 aliphatic rings. The molecule has 1 fully saturated rings. The second kappa shape index (κ2) is 17.0. The van der Waals surface area contributed by atoms with Gasteiger partial charge in [-0.3, -0.25) is 14.9 Å². The molecule has 1 heterocycles. The predicted octanol–water partition coefficient (Wildman–Crippen LogP) is 5.40. The Morgan fingerprint density at radius 3 is 1.62 bits per heavy atom. The van der Waals surface area contributed by atoms with Crippen molar-refractivity contribution in [2.75, 3.05) is 13.2 Å². The fourth-order valence-electron chi connectivity index (χ4n) is 6.20. The second-order valence-corrected chi connectivity index (χ2v) is 12.1. The minimum atomic E-state index is -0.965. The normalized spacial score (nSPS) is 22.3. The molecule has 0 bridgehead atoms. The molecular formula is C39H44N2O6. The molecule has 246 valence electrons. The molecule has 0 aliphatic carbocycles. The van der Waals surface area contributed by atoms with E-state index in [9.17, 15) is 9.59 Å². The first-order valence-corrected chi connectivity index (χ1v) is 16.1. The van der Waals surface area contributed by atoms with Gasteiger partial charge in [0.15, 0.2) is 0 Å². The van der Waals surface area contributed by atoms with Crippen LogP contribution in [0.3, 0.4) is 0 Å². The number of rotatable bonds is 15. The van der Waals surface area contributed by atoms with E-state index in [1.807, 2.05) is 121 Å². The molecule has 0 aromatic heterocycles. The fourth-order valence-corrected chi connectivity index (χ4v) is 6.20. The van der Waals surface area contributed by atoms with Crippen LogP contribution in [0.25, 0.3) is 0 Å². The number of esters is 1. The molecule has 1 amide bonds. The Morgan fingerprint density at radius 1 is 0.660 bits per heavy atom. The third kappa shape index (κ3) is 9.83. The zero-order chi connectivity index (χ0) is 32.9. The Morgan fingerprint density at radius 2 is 1.13 bits per heavy atom. The molecule has 2 N–H and O–H groups in total. The summed E-state index contributed by atoms with van der Waals surface area (Å²) in [6.07, 6.45) is -0.751. The maximum Gasteiger partial charge on any atom is 0.302 e. The van der Waals surface area contributed by atoms with E-state index in [4.69, 9.17) is 18.9 Å². The lowest BCUT2D eigenvalue weighted by Crippen LogP contribution is -2.79. The van der Waals surface area contributed by atoms with Crippen LogP contribution in [-0.2, 0) is 54.8 Å². The molecule has 0 saturated carbocycles. The topological polar surface area (TPSA) is 95.1 Å². The number of carbonyl (C=O) groups is 2. The lowest BCUT2D eigenvalue weighted by Gasteiger charge is -2.54. The van der Waals surface area contributed by atoms with Gasteiger partial charge in [0, 0.05) is 13.8 Å². The van der Waals surface area contributed by atoms with Gasteiger partial charge in [0.05, 0.1) is 44.1 Å². The Hall–Kier alpha value is -4.34. The van der Waals surface area contributed by atoms with Gasteiger partial charge in [0.25, 0.3) is 0 Å². The van der Waals surface area contributed by atoms with Crippen LogP contribution >= 0.6 is 0 Å². The SMILES string of the molecule is CC(=O)N[C@@H]1[C@@H](OCc2ccccc2)[C@H](OCc2ccccc2)[C@@H](COCc2ccccc2)N[C@@]1(COC(C)=O)Cc1ccccc1. The van der Waals surface area contributed by atoms with Crippen LogP contribution in [0.1, 0.15) is 36.1 Å². The van der Waals surface area contributed by atoms with Crippen LogP contribution in [-0.4, -0.2) is 54.9 Å². The van der Waals surface area contributed by atoms with Crippen molar-refractivity contribution in [1.29, 1.82) is 0 Å². The number of carbonyl (C=O) groups excluding carboxylic acids is 2. The molecule has 0 radical (unpaired) electrons. The van der Waals surface area contributed by atoms with Gasteiger partial charge >= 0.3 is 5.97 Å². The van der Waals surface area contributed by atoms with E-state index in [0.29, 0.717) is 26.2 Å². The van der Waals surface area contributed by atoms with E-state index in [0.717, 1.165) is 22.3 Å². The average Bonchev–Trinajstić information content (AvgIpc) is 3.09. The van der Waals surface area contributed by atoms with Gasteiger partial charge in [-0.1, -0.05) is 121 Å². The highest BCUT2D eigenvalue weighted by Crippen LogP contribution is 2.33.